The van der Waals surface area contributed by atoms with Crippen LogP contribution < -0.4 is 5.73 Å². The van der Waals surface area contributed by atoms with Crippen LogP contribution in [0, 0.1) is 5.41 Å². The van der Waals surface area contributed by atoms with Crippen LogP contribution in [0.2, 0.25) is 0 Å². The van der Waals surface area contributed by atoms with Gasteiger partial charge in [0.05, 0.1) is 25.6 Å². The summed E-state index contributed by atoms with van der Waals surface area (Å²) in [6.45, 7) is 4.31. The van der Waals surface area contributed by atoms with Crippen molar-refractivity contribution in [2.24, 2.45) is 11.1 Å². The van der Waals surface area contributed by atoms with Crippen LogP contribution >= 0.6 is 0 Å². The van der Waals surface area contributed by atoms with Crippen LogP contribution in [0.15, 0.2) is 6.33 Å². The fraction of sp³-hybridized carbons (Fsp3) is 0.667. The first kappa shape index (κ1) is 11.6. The van der Waals surface area contributed by atoms with Crippen LogP contribution in [-0.2, 0) is 22.6 Å². The molecule has 15 heavy (non-hydrogen) atoms. The number of nitrogens with zero attached hydrogens (tertiary/aromatic N) is 3. The van der Waals surface area contributed by atoms with E-state index in [2.05, 4.69) is 10.1 Å². The molecular weight excluding hydrogens is 196 g/mol. The lowest BCUT2D eigenvalue weighted by molar-refractivity contribution is -0.151. The largest absolute Gasteiger partial charge is 0.469 e. The lowest BCUT2D eigenvalue weighted by Crippen LogP contribution is -2.30. The Morgan fingerprint density at radius 3 is 2.80 bits per heavy atom. The Morgan fingerprint density at radius 2 is 2.33 bits per heavy atom. The Bertz CT molecular complexity index is 346. The molecule has 0 aliphatic carbocycles. The molecule has 1 aromatic heterocycles. The predicted octanol–water partition coefficient (Wildman–Crippen LogP) is -0.0640. The summed E-state index contributed by atoms with van der Waals surface area (Å²) in [6, 6.07) is 0. The maximum absolute atomic E-state index is 11.4. The second-order valence-corrected chi connectivity index (χ2v) is 3.94. The highest BCUT2D eigenvalue weighted by molar-refractivity contribution is 5.75. The number of carbonyl (C=O) groups is 1. The minimum absolute atomic E-state index is 0.271. The second kappa shape index (κ2) is 4.39. The SMILES string of the molecule is COC(=O)C(C)(C)Cn1cnc(CN)n1. The van der Waals surface area contributed by atoms with Gasteiger partial charge in [0.1, 0.15) is 6.33 Å². The molecule has 0 spiro atoms. The molecule has 1 heterocycles. The summed E-state index contributed by atoms with van der Waals surface area (Å²) >= 11 is 0. The average molecular weight is 212 g/mol. The number of ether oxygens (including phenoxy) is 1. The van der Waals surface area contributed by atoms with E-state index in [4.69, 9.17) is 10.5 Å². The molecule has 0 amide bonds. The predicted molar refractivity (Wildman–Crippen MR) is 53.7 cm³/mol. The molecule has 1 aromatic rings. The third-order valence-electron chi connectivity index (χ3n) is 2.06. The van der Waals surface area contributed by atoms with Crippen LogP contribution in [0.3, 0.4) is 0 Å². The highest BCUT2D eigenvalue weighted by Crippen LogP contribution is 2.19. The van der Waals surface area contributed by atoms with E-state index in [9.17, 15) is 4.79 Å². The topological polar surface area (TPSA) is 83.0 Å². The van der Waals surface area contributed by atoms with Gasteiger partial charge in [-0.15, -0.1) is 0 Å². The fourth-order valence-corrected chi connectivity index (χ4v) is 1.25. The molecule has 0 saturated carbocycles. The van der Waals surface area contributed by atoms with Crippen molar-refractivity contribution >= 4 is 5.97 Å². The number of methoxy groups -OCH3 is 1. The fourth-order valence-electron chi connectivity index (χ4n) is 1.25. The van der Waals surface area contributed by atoms with Gasteiger partial charge >= 0.3 is 5.97 Å². The van der Waals surface area contributed by atoms with Gasteiger partial charge in [-0.1, -0.05) is 0 Å². The van der Waals surface area contributed by atoms with Crippen LogP contribution in [-0.4, -0.2) is 27.8 Å². The maximum atomic E-state index is 11.4. The molecule has 6 heteroatoms. The first-order valence-corrected chi connectivity index (χ1v) is 4.66. The van der Waals surface area contributed by atoms with Crippen LogP contribution in [0.5, 0.6) is 0 Å². The lowest BCUT2D eigenvalue weighted by atomic mass is 9.94. The third kappa shape index (κ3) is 2.76. The van der Waals surface area contributed by atoms with Crippen molar-refractivity contribution in [1.29, 1.82) is 0 Å². The molecule has 0 bridgehead atoms. The molecule has 0 atom stereocenters. The van der Waals surface area contributed by atoms with Gasteiger partial charge in [-0.3, -0.25) is 9.48 Å². The highest BCUT2D eigenvalue weighted by atomic mass is 16.5. The van der Waals surface area contributed by atoms with Crippen molar-refractivity contribution < 1.29 is 9.53 Å². The quantitative estimate of drug-likeness (QED) is 0.707. The van der Waals surface area contributed by atoms with Gasteiger partial charge in [0.25, 0.3) is 0 Å². The summed E-state index contributed by atoms with van der Waals surface area (Å²) in [5.41, 5.74) is 4.77. The van der Waals surface area contributed by atoms with E-state index in [-0.39, 0.29) is 5.97 Å². The maximum Gasteiger partial charge on any atom is 0.313 e. The van der Waals surface area contributed by atoms with Crippen LogP contribution in [0.25, 0.3) is 0 Å². The number of esters is 1. The van der Waals surface area contributed by atoms with Gasteiger partial charge < -0.3 is 10.5 Å². The number of carbonyl (C=O) groups excluding carboxylic acids is 1. The minimum atomic E-state index is -0.617. The van der Waals surface area contributed by atoms with Crippen LogP contribution in [0.1, 0.15) is 19.7 Å². The molecule has 0 aliphatic heterocycles. The molecule has 0 aliphatic rings. The van der Waals surface area contributed by atoms with Crippen molar-refractivity contribution in [1.82, 2.24) is 14.8 Å². The Hall–Kier alpha value is -1.43. The van der Waals surface area contributed by atoms with Crippen molar-refractivity contribution in [2.75, 3.05) is 7.11 Å². The summed E-state index contributed by atoms with van der Waals surface area (Å²) in [7, 11) is 1.37. The minimum Gasteiger partial charge on any atom is -0.469 e. The summed E-state index contributed by atoms with van der Waals surface area (Å²) in [6.07, 6.45) is 1.56. The molecule has 0 aromatic carbocycles. The molecule has 2 N–H and O–H groups in total. The monoisotopic (exact) mass is 212 g/mol. The van der Waals surface area contributed by atoms with Gasteiger partial charge in [-0.05, 0) is 13.8 Å². The second-order valence-electron chi connectivity index (χ2n) is 3.94. The smallest absolute Gasteiger partial charge is 0.313 e. The molecule has 0 fully saturated rings. The normalized spacial score (nSPS) is 11.5. The van der Waals surface area contributed by atoms with Gasteiger partial charge in [-0.2, -0.15) is 5.10 Å². The van der Waals surface area contributed by atoms with Gasteiger partial charge in [0, 0.05) is 0 Å². The number of rotatable bonds is 4. The van der Waals surface area contributed by atoms with Gasteiger partial charge in [0.15, 0.2) is 5.82 Å². The van der Waals surface area contributed by atoms with Crippen molar-refractivity contribution in [3.8, 4) is 0 Å². The Balaban J connectivity index is 2.72. The molecule has 84 valence electrons. The molecule has 1 rings (SSSR count). The number of aromatic nitrogens is 3. The average Bonchev–Trinajstić information content (AvgIpc) is 2.63. The van der Waals surface area contributed by atoms with E-state index >= 15 is 0 Å². The van der Waals surface area contributed by atoms with E-state index in [0.717, 1.165) is 0 Å². The van der Waals surface area contributed by atoms with Gasteiger partial charge in [0.2, 0.25) is 0 Å². The first-order chi connectivity index (χ1) is 6.99. The van der Waals surface area contributed by atoms with Gasteiger partial charge in [-0.25, -0.2) is 4.98 Å². The van der Waals surface area contributed by atoms with Crippen LogP contribution in [0.4, 0.5) is 0 Å². The van der Waals surface area contributed by atoms with E-state index in [1.54, 1.807) is 24.9 Å². The zero-order valence-electron chi connectivity index (χ0n) is 9.23. The Morgan fingerprint density at radius 1 is 1.67 bits per heavy atom. The lowest BCUT2D eigenvalue weighted by Gasteiger charge is -2.20. The summed E-state index contributed by atoms with van der Waals surface area (Å²) in [4.78, 5) is 15.4. The van der Waals surface area contributed by atoms with Crippen molar-refractivity contribution in [3.63, 3.8) is 0 Å². The summed E-state index contributed by atoms with van der Waals surface area (Å²) < 4.78 is 6.29. The third-order valence-corrected chi connectivity index (χ3v) is 2.06. The van der Waals surface area contributed by atoms with E-state index in [1.807, 2.05) is 0 Å². The van der Waals surface area contributed by atoms with E-state index < -0.39 is 5.41 Å². The van der Waals surface area contributed by atoms with Crippen molar-refractivity contribution in [3.05, 3.63) is 12.2 Å². The molecule has 0 saturated heterocycles. The number of hydrogen-bond acceptors (Lipinski definition) is 5. The molecular formula is C9H16N4O2. The summed E-state index contributed by atoms with van der Waals surface area (Å²) in [5.74, 6) is 0.294. The zero-order chi connectivity index (χ0) is 11.5. The standard InChI is InChI=1S/C9H16N4O2/c1-9(2,8(14)15-3)5-13-6-11-7(4-10)12-13/h6H,4-5,10H2,1-3H3. The van der Waals surface area contributed by atoms with Crippen molar-refractivity contribution in [2.45, 2.75) is 26.9 Å². The Kier molecular flexibility index (Phi) is 3.41. The van der Waals surface area contributed by atoms with E-state index in [1.165, 1.54) is 7.11 Å². The Labute approximate surface area is 88.4 Å². The molecule has 0 unspecified atom stereocenters. The zero-order valence-corrected chi connectivity index (χ0v) is 9.23. The van der Waals surface area contributed by atoms with E-state index in [0.29, 0.717) is 18.9 Å². The number of hydrogen-bond donors (Lipinski definition) is 1. The highest BCUT2D eigenvalue weighted by Gasteiger charge is 2.29. The molecule has 0 radical (unpaired) electrons. The molecule has 6 nitrogen and oxygen atoms in total. The first-order valence-electron chi connectivity index (χ1n) is 4.66. The number of nitrogens with two attached hydrogens (primary N) is 1. The summed E-state index contributed by atoms with van der Waals surface area (Å²) in [5, 5.41) is 4.10.